The fourth-order valence-corrected chi connectivity index (χ4v) is 2.71. The van der Waals surface area contributed by atoms with E-state index in [1.165, 1.54) is 0 Å². The lowest BCUT2D eigenvalue weighted by atomic mass is 10.2. The van der Waals surface area contributed by atoms with Crippen LogP contribution in [0.5, 0.6) is 5.75 Å². The van der Waals surface area contributed by atoms with Crippen LogP contribution in [0.2, 0.25) is 0 Å². The first kappa shape index (κ1) is 17.0. The van der Waals surface area contributed by atoms with Gasteiger partial charge in [0.25, 0.3) is 0 Å². The molecule has 1 aromatic carbocycles. The van der Waals surface area contributed by atoms with Crippen LogP contribution in [0.4, 0.5) is 13.2 Å². The summed E-state index contributed by atoms with van der Waals surface area (Å²) < 4.78 is 85.2. The standard InChI is InChI=1S/C9H10F3O6PS/c1-16-7-4-2-3-6(9(10,11)12)8(7)20(14,15)18-5-17-19-13/h2-4H,5,19H2,1H3. The average molecular weight is 334 g/mol. The normalized spacial score (nSPS) is 13.0. The Morgan fingerprint density at radius 3 is 2.45 bits per heavy atom. The van der Waals surface area contributed by atoms with Gasteiger partial charge in [0.2, 0.25) is 0 Å². The number of benzene rings is 1. The van der Waals surface area contributed by atoms with Crippen molar-refractivity contribution in [2.75, 3.05) is 13.9 Å². The van der Waals surface area contributed by atoms with Crippen molar-refractivity contribution >= 4 is 18.8 Å². The van der Waals surface area contributed by atoms with Crippen molar-refractivity contribution in [3.05, 3.63) is 23.8 Å². The number of alkyl halides is 3. The zero-order valence-corrected chi connectivity index (χ0v) is 12.0. The molecule has 1 atom stereocenters. The minimum Gasteiger partial charge on any atom is -0.495 e. The number of halogens is 3. The lowest BCUT2D eigenvalue weighted by Crippen LogP contribution is -2.17. The van der Waals surface area contributed by atoms with Gasteiger partial charge in [-0.1, -0.05) is 6.07 Å². The van der Waals surface area contributed by atoms with Crippen molar-refractivity contribution in [1.82, 2.24) is 0 Å². The molecule has 11 heteroatoms. The van der Waals surface area contributed by atoms with Crippen molar-refractivity contribution in [3.63, 3.8) is 0 Å². The number of hydrogen-bond acceptors (Lipinski definition) is 6. The first-order chi connectivity index (χ1) is 9.24. The Labute approximate surface area is 113 Å². The van der Waals surface area contributed by atoms with Crippen LogP contribution in [0.15, 0.2) is 23.1 Å². The second-order valence-corrected chi connectivity index (χ2v) is 5.37. The number of ether oxygens (including phenoxy) is 1. The lowest BCUT2D eigenvalue weighted by molar-refractivity contribution is -0.140. The van der Waals surface area contributed by atoms with Gasteiger partial charge in [0.05, 0.1) is 12.7 Å². The van der Waals surface area contributed by atoms with Crippen LogP contribution in [0.3, 0.4) is 0 Å². The van der Waals surface area contributed by atoms with Gasteiger partial charge in [-0.15, -0.1) is 0 Å². The molecule has 0 spiro atoms. The topological polar surface area (TPSA) is 78.9 Å². The minimum absolute atomic E-state index is 0.519. The zero-order valence-electron chi connectivity index (χ0n) is 10.0. The summed E-state index contributed by atoms with van der Waals surface area (Å²) in [6.07, 6.45) is -4.91. The first-order valence-electron chi connectivity index (χ1n) is 4.93. The molecule has 0 radical (unpaired) electrons. The van der Waals surface area contributed by atoms with E-state index in [4.69, 9.17) is 0 Å². The van der Waals surface area contributed by atoms with Gasteiger partial charge in [0.15, 0.2) is 15.5 Å². The molecule has 6 nitrogen and oxygen atoms in total. The maximum atomic E-state index is 12.8. The fraction of sp³-hybridized carbons (Fsp3) is 0.333. The summed E-state index contributed by atoms with van der Waals surface area (Å²) in [5.74, 6) is -0.519. The molecule has 1 unspecified atom stereocenters. The van der Waals surface area contributed by atoms with Gasteiger partial charge in [-0.3, -0.25) is 4.57 Å². The Balaban J connectivity index is 3.37. The molecular formula is C9H10F3O6PS. The highest BCUT2D eigenvalue weighted by Gasteiger charge is 2.39. The molecule has 0 fully saturated rings. The van der Waals surface area contributed by atoms with Crippen LogP contribution < -0.4 is 4.74 Å². The highest BCUT2D eigenvalue weighted by molar-refractivity contribution is 7.87. The highest BCUT2D eigenvalue weighted by Crippen LogP contribution is 2.39. The fourth-order valence-electron chi connectivity index (χ4n) is 1.34. The summed E-state index contributed by atoms with van der Waals surface area (Å²) >= 11 is 0. The summed E-state index contributed by atoms with van der Waals surface area (Å²) in [6.45, 7) is -0.948. The number of rotatable bonds is 6. The third-order valence-corrected chi connectivity index (χ3v) is 3.69. The molecule has 0 heterocycles. The summed E-state index contributed by atoms with van der Waals surface area (Å²) in [4.78, 5) is -1.15. The first-order valence-corrected chi connectivity index (χ1v) is 7.28. The van der Waals surface area contributed by atoms with Gasteiger partial charge in [-0.2, -0.15) is 21.6 Å². The smallest absolute Gasteiger partial charge is 0.417 e. The molecule has 1 aromatic rings. The quantitative estimate of drug-likeness (QED) is 0.343. The van der Waals surface area contributed by atoms with E-state index in [2.05, 4.69) is 13.4 Å². The minimum atomic E-state index is -4.91. The predicted molar refractivity (Wildman–Crippen MR) is 62.6 cm³/mol. The summed E-state index contributed by atoms with van der Waals surface area (Å²) in [5, 5.41) is 0. The Morgan fingerprint density at radius 1 is 1.30 bits per heavy atom. The van der Waals surface area contributed by atoms with Gasteiger partial charge in [-0.25, -0.2) is 4.18 Å². The highest BCUT2D eigenvalue weighted by atomic mass is 32.2. The molecule has 114 valence electrons. The molecule has 0 aliphatic rings. The molecule has 0 aliphatic heterocycles. The molecule has 20 heavy (non-hydrogen) atoms. The molecule has 0 saturated heterocycles. The average Bonchev–Trinajstić information content (AvgIpc) is 2.37. The summed E-state index contributed by atoms with van der Waals surface area (Å²) in [5.41, 5.74) is -1.42. The number of methoxy groups -OCH3 is 1. The van der Waals surface area contributed by atoms with Crippen LogP contribution in [-0.2, 0) is 29.6 Å². The third kappa shape index (κ3) is 3.95. The monoisotopic (exact) mass is 334 g/mol. The Hall–Kier alpha value is -1.09. The molecule has 1 rings (SSSR count). The van der Waals surface area contributed by atoms with Gasteiger partial charge in [-0.05, 0) is 12.1 Å². The SMILES string of the molecule is COc1cccc(C(F)(F)F)c1S(=O)(=O)OCO[PH2]=O. The van der Waals surface area contributed by atoms with E-state index in [1.54, 1.807) is 0 Å². The van der Waals surface area contributed by atoms with Crippen LogP contribution in [0, 0.1) is 0 Å². The van der Waals surface area contributed by atoms with E-state index in [0.29, 0.717) is 6.07 Å². The maximum Gasteiger partial charge on any atom is 0.417 e. The second-order valence-electron chi connectivity index (χ2n) is 3.29. The lowest BCUT2D eigenvalue weighted by Gasteiger charge is -2.15. The van der Waals surface area contributed by atoms with E-state index in [-0.39, 0.29) is 0 Å². The molecular weight excluding hydrogens is 324 g/mol. The summed E-state index contributed by atoms with van der Waals surface area (Å²) in [7, 11) is -5.51. The molecule has 0 saturated carbocycles. The van der Waals surface area contributed by atoms with Crippen LogP contribution in [0.1, 0.15) is 5.56 Å². The Bertz CT molecular complexity index is 586. The van der Waals surface area contributed by atoms with Gasteiger partial charge < -0.3 is 9.26 Å². The maximum absolute atomic E-state index is 12.8. The number of hydrogen-bond donors (Lipinski definition) is 0. The third-order valence-electron chi connectivity index (χ3n) is 2.09. The van der Waals surface area contributed by atoms with E-state index in [1.807, 2.05) is 0 Å². The van der Waals surface area contributed by atoms with Crippen molar-refractivity contribution in [2.24, 2.45) is 0 Å². The van der Waals surface area contributed by atoms with Crippen LogP contribution in [0.25, 0.3) is 0 Å². The van der Waals surface area contributed by atoms with E-state index in [9.17, 15) is 26.2 Å². The molecule has 0 aliphatic carbocycles. The molecule has 0 amide bonds. The second kappa shape index (κ2) is 6.57. The molecule has 0 aromatic heterocycles. The predicted octanol–water partition coefficient (Wildman–Crippen LogP) is 2.06. The van der Waals surface area contributed by atoms with E-state index < -0.39 is 48.0 Å². The largest absolute Gasteiger partial charge is 0.495 e. The van der Waals surface area contributed by atoms with Gasteiger partial charge in [0, 0.05) is 0 Å². The van der Waals surface area contributed by atoms with E-state index in [0.717, 1.165) is 19.2 Å². The van der Waals surface area contributed by atoms with Gasteiger partial charge >= 0.3 is 16.3 Å². The molecule has 0 bridgehead atoms. The Kier molecular flexibility index (Phi) is 5.58. The van der Waals surface area contributed by atoms with Crippen LogP contribution in [-0.4, -0.2) is 22.3 Å². The summed E-state index contributed by atoms with van der Waals surface area (Å²) in [6, 6.07) is 2.63. The van der Waals surface area contributed by atoms with Gasteiger partial charge in [0.1, 0.15) is 10.6 Å². The van der Waals surface area contributed by atoms with Crippen molar-refractivity contribution in [2.45, 2.75) is 11.1 Å². The van der Waals surface area contributed by atoms with Crippen molar-refractivity contribution in [1.29, 1.82) is 0 Å². The molecule has 0 N–H and O–H groups in total. The van der Waals surface area contributed by atoms with Crippen LogP contribution >= 0.6 is 8.69 Å². The van der Waals surface area contributed by atoms with Crippen molar-refractivity contribution < 1.29 is 39.6 Å². The van der Waals surface area contributed by atoms with Crippen molar-refractivity contribution in [3.8, 4) is 5.75 Å². The Morgan fingerprint density at radius 2 is 1.95 bits per heavy atom. The zero-order chi connectivity index (χ0) is 15.4. The van der Waals surface area contributed by atoms with E-state index >= 15 is 0 Å².